The van der Waals surface area contributed by atoms with Crippen LogP contribution in [0, 0.1) is 0 Å². The molecule has 3 nitrogen and oxygen atoms in total. The number of nitrogens with one attached hydrogen (secondary N) is 1. The van der Waals surface area contributed by atoms with E-state index in [9.17, 15) is 4.79 Å². The highest BCUT2D eigenvalue weighted by Gasteiger charge is 2.34. The molecule has 1 unspecified atom stereocenters. The normalized spacial score (nSPS) is 17.3. The third-order valence-electron chi connectivity index (χ3n) is 4.47. The van der Waals surface area contributed by atoms with E-state index in [4.69, 9.17) is 35.4 Å². The number of carbonyl (C=O) groups excluding carboxylic acids is 1. The molecule has 1 heterocycles. The highest BCUT2D eigenvalue weighted by Crippen LogP contribution is 2.36. The zero-order chi connectivity index (χ0) is 18.8. The number of halogens is 2. The van der Waals surface area contributed by atoms with E-state index in [-0.39, 0.29) is 5.78 Å². The molecule has 2 aromatic carbocycles. The summed E-state index contributed by atoms with van der Waals surface area (Å²) >= 11 is 18.0. The van der Waals surface area contributed by atoms with Gasteiger partial charge in [0.2, 0.25) is 0 Å². The van der Waals surface area contributed by atoms with Gasteiger partial charge in [0.15, 0.2) is 10.9 Å². The summed E-state index contributed by atoms with van der Waals surface area (Å²) in [6, 6.07) is 14.1. The molecule has 26 heavy (non-hydrogen) atoms. The Morgan fingerprint density at radius 1 is 1.19 bits per heavy atom. The van der Waals surface area contributed by atoms with Crippen LogP contribution in [0.15, 0.2) is 59.8 Å². The Bertz CT molecular complexity index is 896. The topological polar surface area (TPSA) is 32.3 Å². The lowest BCUT2D eigenvalue weighted by molar-refractivity contribution is 0.102. The summed E-state index contributed by atoms with van der Waals surface area (Å²) in [7, 11) is 0. The summed E-state index contributed by atoms with van der Waals surface area (Å²) in [5, 5.41) is 4.89. The Labute approximate surface area is 168 Å². The van der Waals surface area contributed by atoms with Gasteiger partial charge in [-0.3, -0.25) is 4.79 Å². The summed E-state index contributed by atoms with van der Waals surface area (Å²) in [5.41, 5.74) is 2.87. The smallest absolute Gasteiger partial charge is 0.193 e. The minimum absolute atomic E-state index is 0.0485. The van der Waals surface area contributed by atoms with Crippen molar-refractivity contribution in [1.82, 2.24) is 10.2 Å². The van der Waals surface area contributed by atoms with E-state index in [1.165, 1.54) is 0 Å². The van der Waals surface area contributed by atoms with Crippen LogP contribution in [-0.4, -0.2) is 22.3 Å². The highest BCUT2D eigenvalue weighted by atomic mass is 35.5. The first-order valence-corrected chi connectivity index (χ1v) is 9.44. The number of carbonyl (C=O) groups is 1. The highest BCUT2D eigenvalue weighted by molar-refractivity contribution is 7.80. The largest absolute Gasteiger partial charge is 0.351 e. The van der Waals surface area contributed by atoms with Crippen molar-refractivity contribution < 1.29 is 4.79 Å². The minimum Gasteiger partial charge on any atom is -0.351 e. The molecule has 134 valence electrons. The van der Waals surface area contributed by atoms with Crippen LogP contribution in [-0.2, 0) is 0 Å². The van der Waals surface area contributed by atoms with Gasteiger partial charge >= 0.3 is 0 Å². The Kier molecular flexibility index (Phi) is 5.66. The van der Waals surface area contributed by atoms with Gasteiger partial charge < -0.3 is 10.2 Å². The summed E-state index contributed by atoms with van der Waals surface area (Å²) in [5.74, 6) is -0.0485. The van der Waals surface area contributed by atoms with Gasteiger partial charge in [-0.25, -0.2) is 0 Å². The SMILES string of the molecule is CCN1C(=S)NC(c2ccc(Cl)cc2Cl)C(C(=O)c2ccccc2)=C1C. The fraction of sp³-hybridized carbons (Fsp3) is 0.200. The van der Waals surface area contributed by atoms with Crippen molar-refractivity contribution in [2.24, 2.45) is 0 Å². The first kappa shape index (κ1) is 18.9. The Morgan fingerprint density at radius 3 is 2.50 bits per heavy atom. The molecule has 1 aliphatic rings. The van der Waals surface area contributed by atoms with Crippen LogP contribution in [0.4, 0.5) is 0 Å². The Hall–Kier alpha value is -1.88. The lowest BCUT2D eigenvalue weighted by atomic mass is 9.89. The van der Waals surface area contributed by atoms with Crippen molar-refractivity contribution in [3.05, 3.63) is 81.0 Å². The predicted octanol–water partition coefficient (Wildman–Crippen LogP) is 5.40. The van der Waals surface area contributed by atoms with Gasteiger partial charge in [0.05, 0.1) is 6.04 Å². The Balaban J connectivity index is 2.17. The fourth-order valence-electron chi connectivity index (χ4n) is 3.17. The maximum absolute atomic E-state index is 13.3. The summed E-state index contributed by atoms with van der Waals surface area (Å²) in [4.78, 5) is 15.2. The number of allylic oxidation sites excluding steroid dienone is 1. The maximum atomic E-state index is 13.3. The Morgan fingerprint density at radius 2 is 1.88 bits per heavy atom. The minimum atomic E-state index is -0.428. The van der Waals surface area contributed by atoms with Crippen molar-refractivity contribution in [2.45, 2.75) is 19.9 Å². The summed E-state index contributed by atoms with van der Waals surface area (Å²) in [6.07, 6.45) is 0. The van der Waals surface area contributed by atoms with Crippen LogP contribution in [0.25, 0.3) is 0 Å². The molecule has 2 aromatic rings. The van der Waals surface area contributed by atoms with E-state index < -0.39 is 6.04 Å². The van der Waals surface area contributed by atoms with E-state index in [1.807, 2.05) is 55.1 Å². The molecule has 0 fully saturated rings. The molecule has 6 heteroatoms. The zero-order valence-corrected chi connectivity index (χ0v) is 16.8. The maximum Gasteiger partial charge on any atom is 0.193 e. The number of ketones is 1. The van der Waals surface area contributed by atoms with E-state index in [1.54, 1.807) is 12.1 Å². The van der Waals surface area contributed by atoms with E-state index in [0.717, 1.165) is 11.3 Å². The van der Waals surface area contributed by atoms with E-state index in [0.29, 0.717) is 32.8 Å². The quantitative estimate of drug-likeness (QED) is 0.545. The van der Waals surface area contributed by atoms with Crippen molar-refractivity contribution in [1.29, 1.82) is 0 Å². The van der Waals surface area contributed by atoms with Gasteiger partial charge in [-0.2, -0.15) is 0 Å². The third-order valence-corrected chi connectivity index (χ3v) is 5.37. The van der Waals surface area contributed by atoms with Gasteiger partial charge in [0.25, 0.3) is 0 Å². The molecule has 3 rings (SSSR count). The van der Waals surface area contributed by atoms with Gasteiger partial charge in [0, 0.05) is 33.4 Å². The molecule has 0 aliphatic carbocycles. The molecule has 0 saturated heterocycles. The van der Waals surface area contributed by atoms with Crippen LogP contribution in [0.3, 0.4) is 0 Å². The van der Waals surface area contributed by atoms with Gasteiger partial charge in [-0.05, 0) is 43.8 Å². The summed E-state index contributed by atoms with van der Waals surface area (Å²) < 4.78 is 0. The third kappa shape index (κ3) is 3.50. The second kappa shape index (κ2) is 7.78. The number of hydrogen-bond donors (Lipinski definition) is 1. The molecule has 0 bridgehead atoms. The van der Waals surface area contributed by atoms with Crippen LogP contribution in [0.2, 0.25) is 10.0 Å². The van der Waals surface area contributed by atoms with Crippen LogP contribution < -0.4 is 5.32 Å². The number of benzene rings is 2. The number of hydrogen-bond acceptors (Lipinski definition) is 2. The number of thiocarbonyl (C=S) groups is 1. The second-order valence-corrected chi connectivity index (χ2v) is 7.22. The fourth-order valence-corrected chi connectivity index (χ4v) is 4.07. The molecule has 0 saturated carbocycles. The van der Waals surface area contributed by atoms with Crippen molar-refractivity contribution in [2.75, 3.05) is 6.54 Å². The predicted molar refractivity (Wildman–Crippen MR) is 111 cm³/mol. The average Bonchev–Trinajstić information content (AvgIpc) is 2.62. The van der Waals surface area contributed by atoms with E-state index in [2.05, 4.69) is 5.32 Å². The lowest BCUT2D eigenvalue weighted by Gasteiger charge is -2.37. The van der Waals surface area contributed by atoms with Crippen LogP contribution in [0.1, 0.15) is 35.8 Å². The first-order chi connectivity index (χ1) is 12.4. The zero-order valence-electron chi connectivity index (χ0n) is 14.4. The molecule has 0 spiro atoms. The van der Waals surface area contributed by atoms with Crippen LogP contribution >= 0.6 is 35.4 Å². The first-order valence-electron chi connectivity index (χ1n) is 8.27. The number of Topliss-reactive ketones (excluding diaryl/α,β-unsaturated/α-hetero) is 1. The molecule has 0 amide bonds. The van der Waals surface area contributed by atoms with Gasteiger partial charge in [0.1, 0.15) is 0 Å². The lowest BCUT2D eigenvalue weighted by Crippen LogP contribution is -2.47. The summed E-state index contributed by atoms with van der Waals surface area (Å²) in [6.45, 7) is 4.59. The monoisotopic (exact) mass is 404 g/mol. The van der Waals surface area contributed by atoms with Crippen molar-refractivity contribution in [3.8, 4) is 0 Å². The molecule has 1 aliphatic heterocycles. The number of rotatable bonds is 4. The molecular weight excluding hydrogens is 387 g/mol. The van der Waals surface area contributed by atoms with Gasteiger partial charge in [-0.15, -0.1) is 0 Å². The molecule has 1 atom stereocenters. The van der Waals surface area contributed by atoms with E-state index >= 15 is 0 Å². The van der Waals surface area contributed by atoms with Crippen LogP contribution in [0.5, 0.6) is 0 Å². The molecule has 0 radical (unpaired) electrons. The average molecular weight is 405 g/mol. The van der Waals surface area contributed by atoms with Gasteiger partial charge in [-0.1, -0.05) is 59.6 Å². The van der Waals surface area contributed by atoms with Crippen molar-refractivity contribution in [3.63, 3.8) is 0 Å². The second-order valence-electron chi connectivity index (χ2n) is 5.99. The number of nitrogens with zero attached hydrogens (tertiary/aromatic N) is 1. The standard InChI is InChI=1S/C20H18Cl2N2OS/c1-3-24-12(2)17(19(25)13-7-5-4-6-8-13)18(23-20(24)26)15-10-9-14(21)11-16(15)22/h4-11,18H,3H2,1-2H3,(H,23,26). The molecule has 1 N–H and O–H groups in total. The molecule has 0 aromatic heterocycles. The van der Waals surface area contributed by atoms with Crippen molar-refractivity contribution >= 4 is 46.3 Å². The molecular formula is C20H18Cl2N2OS.